The molecular formula is C13H14N2O3. The molecule has 94 valence electrons. The van der Waals surface area contributed by atoms with Gasteiger partial charge in [0.2, 0.25) is 0 Å². The average Bonchev–Trinajstić information content (AvgIpc) is 2.34. The monoisotopic (exact) mass is 246 g/mol. The third-order valence-corrected chi connectivity index (χ3v) is 2.74. The highest BCUT2D eigenvalue weighted by molar-refractivity contribution is 5.94. The molecule has 0 aliphatic heterocycles. The number of ether oxygens (including phenoxy) is 1. The van der Waals surface area contributed by atoms with E-state index in [1.54, 1.807) is 39.2 Å². The van der Waals surface area contributed by atoms with E-state index in [1.165, 1.54) is 4.57 Å². The van der Waals surface area contributed by atoms with Gasteiger partial charge in [0.25, 0.3) is 5.56 Å². The summed E-state index contributed by atoms with van der Waals surface area (Å²) in [5.74, 6) is -0.449. The van der Waals surface area contributed by atoms with Gasteiger partial charge in [-0.3, -0.25) is 9.78 Å². The predicted octanol–water partition coefficient (Wildman–Crippen LogP) is 1.42. The molecule has 18 heavy (non-hydrogen) atoms. The van der Waals surface area contributed by atoms with E-state index in [-0.39, 0.29) is 5.56 Å². The van der Waals surface area contributed by atoms with E-state index < -0.39 is 5.97 Å². The fourth-order valence-corrected chi connectivity index (χ4v) is 1.78. The number of rotatable bonds is 2. The van der Waals surface area contributed by atoms with E-state index in [9.17, 15) is 9.59 Å². The molecule has 0 aromatic carbocycles. The quantitative estimate of drug-likeness (QED) is 0.752. The number of esters is 1. The molecular weight excluding hydrogens is 232 g/mol. The first-order valence-corrected chi connectivity index (χ1v) is 5.68. The van der Waals surface area contributed by atoms with Gasteiger partial charge in [0.15, 0.2) is 0 Å². The maximum absolute atomic E-state index is 11.9. The molecule has 0 amide bonds. The molecule has 0 aliphatic carbocycles. The molecule has 2 heterocycles. The number of aromatic nitrogens is 2. The van der Waals surface area contributed by atoms with Crippen molar-refractivity contribution in [1.29, 1.82) is 0 Å². The van der Waals surface area contributed by atoms with Crippen molar-refractivity contribution >= 4 is 16.9 Å². The first kappa shape index (κ1) is 12.3. The van der Waals surface area contributed by atoms with Crippen LogP contribution < -0.4 is 5.56 Å². The molecule has 2 aromatic heterocycles. The average molecular weight is 246 g/mol. The Morgan fingerprint density at radius 1 is 1.50 bits per heavy atom. The highest BCUT2D eigenvalue weighted by atomic mass is 16.5. The molecule has 0 saturated heterocycles. The molecule has 2 rings (SSSR count). The topological polar surface area (TPSA) is 61.2 Å². The molecule has 2 aromatic rings. The zero-order valence-corrected chi connectivity index (χ0v) is 10.6. The number of aryl methyl sites for hydroxylation is 2. The maximum Gasteiger partial charge on any atom is 0.339 e. The van der Waals surface area contributed by atoms with E-state index in [2.05, 4.69) is 4.98 Å². The van der Waals surface area contributed by atoms with Crippen molar-refractivity contribution in [2.24, 2.45) is 7.05 Å². The fraction of sp³-hybridized carbons (Fsp3) is 0.308. The maximum atomic E-state index is 11.9. The Morgan fingerprint density at radius 2 is 2.22 bits per heavy atom. The van der Waals surface area contributed by atoms with Crippen LogP contribution in [0.4, 0.5) is 0 Å². The standard InChI is InChI=1S/C13H14N2O3/c1-4-18-13(17)9-7-10-11(14-8(9)2)5-6-15(3)12(10)16/h5-7H,4H2,1-3H3. The summed E-state index contributed by atoms with van der Waals surface area (Å²) in [5.41, 5.74) is 1.32. The molecule has 0 unspecified atom stereocenters. The molecule has 0 radical (unpaired) electrons. The minimum absolute atomic E-state index is 0.175. The lowest BCUT2D eigenvalue weighted by Crippen LogP contribution is -2.17. The van der Waals surface area contributed by atoms with Crippen LogP contribution in [0.5, 0.6) is 0 Å². The minimum atomic E-state index is -0.449. The molecule has 5 heteroatoms. The molecule has 0 N–H and O–H groups in total. The van der Waals surface area contributed by atoms with Crippen molar-refractivity contribution in [3.8, 4) is 0 Å². The summed E-state index contributed by atoms with van der Waals surface area (Å²) in [4.78, 5) is 27.9. The lowest BCUT2D eigenvalue weighted by molar-refractivity contribution is 0.0525. The van der Waals surface area contributed by atoms with Crippen LogP contribution in [0.1, 0.15) is 23.0 Å². The van der Waals surface area contributed by atoms with Gasteiger partial charge < -0.3 is 9.30 Å². The molecule has 0 aliphatic rings. The fourth-order valence-electron chi connectivity index (χ4n) is 1.78. The lowest BCUT2D eigenvalue weighted by Gasteiger charge is -2.07. The van der Waals surface area contributed by atoms with E-state index >= 15 is 0 Å². The van der Waals surface area contributed by atoms with Crippen LogP contribution >= 0.6 is 0 Å². The highest BCUT2D eigenvalue weighted by Gasteiger charge is 2.14. The zero-order valence-electron chi connectivity index (χ0n) is 10.6. The van der Waals surface area contributed by atoms with Gasteiger partial charge >= 0.3 is 5.97 Å². The summed E-state index contributed by atoms with van der Waals surface area (Å²) in [6.45, 7) is 3.76. The van der Waals surface area contributed by atoms with Crippen LogP contribution in [0.3, 0.4) is 0 Å². The lowest BCUT2D eigenvalue weighted by atomic mass is 10.1. The number of carbonyl (C=O) groups is 1. The van der Waals surface area contributed by atoms with Crippen LogP contribution in [0.2, 0.25) is 0 Å². The van der Waals surface area contributed by atoms with Crippen molar-refractivity contribution in [2.45, 2.75) is 13.8 Å². The van der Waals surface area contributed by atoms with Crippen LogP contribution in [0, 0.1) is 6.92 Å². The number of fused-ring (bicyclic) bond motifs is 1. The number of carbonyl (C=O) groups excluding carboxylic acids is 1. The molecule has 0 saturated carbocycles. The van der Waals surface area contributed by atoms with E-state index in [0.717, 1.165) is 0 Å². The number of nitrogens with zero attached hydrogens (tertiary/aromatic N) is 2. The summed E-state index contributed by atoms with van der Waals surface area (Å²) in [5, 5.41) is 0.425. The third-order valence-electron chi connectivity index (χ3n) is 2.74. The van der Waals surface area contributed by atoms with E-state index in [4.69, 9.17) is 4.74 Å². The van der Waals surface area contributed by atoms with Crippen LogP contribution in [-0.4, -0.2) is 22.1 Å². The van der Waals surface area contributed by atoms with E-state index in [0.29, 0.717) is 28.8 Å². The predicted molar refractivity (Wildman–Crippen MR) is 67.7 cm³/mol. The van der Waals surface area contributed by atoms with Gasteiger partial charge in [-0.1, -0.05) is 0 Å². The molecule has 0 atom stereocenters. The summed E-state index contributed by atoms with van der Waals surface area (Å²) in [7, 11) is 1.66. The summed E-state index contributed by atoms with van der Waals surface area (Å²) < 4.78 is 6.39. The number of pyridine rings is 2. The Kier molecular flexibility index (Phi) is 3.14. The smallest absolute Gasteiger partial charge is 0.339 e. The van der Waals surface area contributed by atoms with Gasteiger partial charge in [0.05, 0.1) is 28.8 Å². The Hall–Kier alpha value is -2.17. The van der Waals surface area contributed by atoms with Crippen molar-refractivity contribution in [2.75, 3.05) is 6.61 Å². The molecule has 0 fully saturated rings. The van der Waals surface area contributed by atoms with Crippen LogP contribution in [0.25, 0.3) is 10.9 Å². The summed E-state index contributed by atoms with van der Waals surface area (Å²) >= 11 is 0. The van der Waals surface area contributed by atoms with E-state index in [1.807, 2.05) is 0 Å². The van der Waals surface area contributed by atoms with Crippen molar-refractivity contribution in [1.82, 2.24) is 9.55 Å². The molecule has 0 spiro atoms. The SMILES string of the molecule is CCOC(=O)c1cc2c(=O)n(C)ccc2nc1C. The van der Waals surface area contributed by atoms with Gasteiger partial charge in [-0.05, 0) is 26.0 Å². The van der Waals surface area contributed by atoms with Gasteiger partial charge in [0.1, 0.15) is 0 Å². The van der Waals surface area contributed by atoms with Crippen LogP contribution in [0.15, 0.2) is 23.1 Å². The van der Waals surface area contributed by atoms with Gasteiger partial charge in [0, 0.05) is 13.2 Å². The van der Waals surface area contributed by atoms with Gasteiger partial charge in [-0.2, -0.15) is 0 Å². The van der Waals surface area contributed by atoms with Crippen molar-refractivity contribution < 1.29 is 9.53 Å². The third kappa shape index (κ3) is 1.99. The zero-order chi connectivity index (χ0) is 13.3. The molecule has 5 nitrogen and oxygen atoms in total. The first-order chi connectivity index (χ1) is 8.54. The normalized spacial score (nSPS) is 10.6. The Labute approximate surface area is 104 Å². The second-order valence-corrected chi connectivity index (χ2v) is 4.01. The Bertz CT molecular complexity index is 674. The van der Waals surface area contributed by atoms with Crippen molar-refractivity contribution in [3.05, 3.63) is 39.9 Å². The molecule has 0 bridgehead atoms. The minimum Gasteiger partial charge on any atom is -0.462 e. The number of hydrogen-bond donors (Lipinski definition) is 0. The number of hydrogen-bond acceptors (Lipinski definition) is 4. The largest absolute Gasteiger partial charge is 0.462 e. The second-order valence-electron chi connectivity index (χ2n) is 4.01. The Morgan fingerprint density at radius 3 is 2.89 bits per heavy atom. The highest BCUT2D eigenvalue weighted by Crippen LogP contribution is 2.14. The Balaban J connectivity index is 2.70. The summed E-state index contributed by atoms with van der Waals surface area (Å²) in [6, 6.07) is 3.30. The van der Waals surface area contributed by atoms with Gasteiger partial charge in [-0.15, -0.1) is 0 Å². The first-order valence-electron chi connectivity index (χ1n) is 5.68. The van der Waals surface area contributed by atoms with Crippen molar-refractivity contribution in [3.63, 3.8) is 0 Å². The van der Waals surface area contributed by atoms with Crippen LogP contribution in [-0.2, 0) is 11.8 Å². The summed E-state index contributed by atoms with van der Waals surface area (Å²) in [6.07, 6.45) is 1.65. The van der Waals surface area contributed by atoms with Gasteiger partial charge in [-0.25, -0.2) is 4.79 Å². The second kappa shape index (κ2) is 4.60.